The van der Waals surface area contributed by atoms with Gasteiger partial charge in [0, 0.05) is 31.7 Å². The van der Waals surface area contributed by atoms with Gasteiger partial charge in [0.05, 0.1) is 35.0 Å². The molecule has 0 saturated carbocycles. The lowest BCUT2D eigenvalue weighted by Crippen LogP contribution is -2.14. The van der Waals surface area contributed by atoms with Gasteiger partial charge in [-0.25, -0.2) is 15.0 Å². The first kappa shape index (κ1) is 19.5. The number of aryl methyl sites for hydroxylation is 1. The van der Waals surface area contributed by atoms with E-state index >= 15 is 0 Å². The van der Waals surface area contributed by atoms with Crippen molar-refractivity contribution in [2.24, 2.45) is 7.05 Å². The van der Waals surface area contributed by atoms with Crippen LogP contribution in [0.25, 0.3) is 39.2 Å². The zero-order chi connectivity index (χ0) is 22.2. The van der Waals surface area contributed by atoms with Crippen LogP contribution in [0.3, 0.4) is 0 Å². The number of nitrogens with zero attached hydrogens (tertiary/aromatic N) is 5. The molecule has 0 atom stereocenters. The van der Waals surface area contributed by atoms with Crippen LogP contribution < -0.4 is 15.6 Å². The van der Waals surface area contributed by atoms with Crippen molar-refractivity contribution in [1.29, 1.82) is 0 Å². The predicted octanol–water partition coefficient (Wildman–Crippen LogP) is 3.08. The Balaban J connectivity index is 1.74. The highest BCUT2D eigenvalue weighted by atomic mass is 16.5. The third-order valence-corrected chi connectivity index (χ3v) is 5.07. The molecule has 3 N–H and O–H groups in total. The summed E-state index contributed by atoms with van der Waals surface area (Å²) < 4.78 is 6.95. The predicted molar refractivity (Wildman–Crippen MR) is 122 cm³/mol. The average Bonchev–Trinajstić information content (AvgIpc) is 3.39. The molecule has 0 spiro atoms. The highest BCUT2D eigenvalue weighted by molar-refractivity contribution is 5.99. The number of aromatic nitrogens is 7. The van der Waals surface area contributed by atoms with Crippen molar-refractivity contribution in [2.75, 3.05) is 12.4 Å². The molecule has 0 saturated heterocycles. The lowest BCUT2D eigenvalue weighted by Gasteiger charge is -2.13. The van der Waals surface area contributed by atoms with Crippen LogP contribution in [0.4, 0.5) is 5.69 Å². The molecule has 0 fully saturated rings. The number of H-pyrrole nitrogens is 2. The number of hydrogen-bond donors (Lipinski definition) is 3. The number of benzene rings is 1. The minimum atomic E-state index is -0.302. The number of ether oxygens (including phenoxy) is 1. The Morgan fingerprint density at radius 2 is 2.00 bits per heavy atom. The number of anilines is 1. The maximum Gasteiger partial charge on any atom is 0.261 e. The second-order valence-corrected chi connectivity index (χ2v) is 7.14. The molecule has 5 rings (SSSR count). The van der Waals surface area contributed by atoms with Crippen molar-refractivity contribution in [3.05, 3.63) is 65.1 Å². The van der Waals surface area contributed by atoms with E-state index in [0.29, 0.717) is 50.9 Å². The Labute approximate surface area is 182 Å². The Morgan fingerprint density at radius 1 is 1.19 bits per heavy atom. The van der Waals surface area contributed by atoms with Gasteiger partial charge in [-0.05, 0) is 25.1 Å². The van der Waals surface area contributed by atoms with Crippen LogP contribution in [0.2, 0.25) is 0 Å². The Bertz CT molecular complexity index is 1530. The smallest absolute Gasteiger partial charge is 0.261 e. The van der Waals surface area contributed by atoms with Gasteiger partial charge in [-0.3, -0.25) is 9.48 Å². The molecule has 0 unspecified atom stereocenters. The van der Waals surface area contributed by atoms with Crippen LogP contribution in [0.5, 0.6) is 5.75 Å². The average molecular weight is 428 g/mol. The number of imidazole rings is 1. The molecule has 4 aromatic heterocycles. The van der Waals surface area contributed by atoms with E-state index in [4.69, 9.17) is 4.74 Å². The summed E-state index contributed by atoms with van der Waals surface area (Å²) in [4.78, 5) is 32.6. The molecule has 5 aromatic rings. The molecule has 160 valence electrons. The molecule has 0 amide bonds. The molecule has 10 nitrogen and oxygen atoms in total. The maximum atomic E-state index is 13.2. The highest BCUT2D eigenvalue weighted by Crippen LogP contribution is 2.32. The molecule has 0 aliphatic heterocycles. The molecular formula is C22H20N8O2. The van der Waals surface area contributed by atoms with Crippen LogP contribution in [-0.2, 0) is 7.05 Å². The van der Waals surface area contributed by atoms with Crippen LogP contribution in [0.1, 0.15) is 12.7 Å². The molecule has 10 heteroatoms. The lowest BCUT2D eigenvalue weighted by molar-refractivity contribution is 0.415. The SMILES string of the molecule is C/C=C(/Nc1c(-c2nc3ccc(OC)cc3[nH]2)c(=O)[nH]c2cn(C)nc12)c1ncccn1. The van der Waals surface area contributed by atoms with Crippen molar-refractivity contribution in [3.63, 3.8) is 0 Å². The number of methoxy groups -OCH3 is 1. The summed E-state index contributed by atoms with van der Waals surface area (Å²) in [6.07, 6.45) is 6.92. The number of rotatable bonds is 5. The fourth-order valence-electron chi connectivity index (χ4n) is 3.59. The normalized spacial score (nSPS) is 11.9. The topological polar surface area (TPSA) is 126 Å². The number of aromatic amines is 2. The van der Waals surface area contributed by atoms with E-state index in [0.717, 1.165) is 5.52 Å². The zero-order valence-electron chi connectivity index (χ0n) is 17.7. The van der Waals surface area contributed by atoms with Crippen LogP contribution in [0, 0.1) is 0 Å². The van der Waals surface area contributed by atoms with Crippen LogP contribution in [0.15, 0.2) is 53.7 Å². The molecular weight excluding hydrogens is 408 g/mol. The molecule has 0 aliphatic carbocycles. The van der Waals surface area contributed by atoms with Crippen molar-refractivity contribution in [3.8, 4) is 17.1 Å². The van der Waals surface area contributed by atoms with E-state index < -0.39 is 0 Å². The van der Waals surface area contributed by atoms with Crippen molar-refractivity contribution in [2.45, 2.75) is 6.92 Å². The largest absolute Gasteiger partial charge is 0.497 e. The van der Waals surface area contributed by atoms with Gasteiger partial charge in [-0.2, -0.15) is 5.10 Å². The molecule has 4 heterocycles. The Kier molecular flexibility index (Phi) is 4.66. The number of pyridine rings is 1. The van der Waals surface area contributed by atoms with Crippen LogP contribution >= 0.6 is 0 Å². The molecule has 0 aliphatic rings. The molecule has 32 heavy (non-hydrogen) atoms. The van der Waals surface area contributed by atoms with Gasteiger partial charge < -0.3 is 20.0 Å². The Hall–Kier alpha value is -4.47. The minimum absolute atomic E-state index is 0.302. The molecule has 0 radical (unpaired) electrons. The number of nitrogens with one attached hydrogen (secondary N) is 3. The van der Waals surface area contributed by atoms with Gasteiger partial charge in [-0.15, -0.1) is 0 Å². The van der Waals surface area contributed by atoms with E-state index in [1.54, 1.807) is 43.5 Å². The maximum absolute atomic E-state index is 13.2. The first-order chi connectivity index (χ1) is 15.6. The third kappa shape index (κ3) is 3.27. The Morgan fingerprint density at radius 3 is 2.75 bits per heavy atom. The fraction of sp³-hybridized carbons (Fsp3) is 0.136. The highest BCUT2D eigenvalue weighted by Gasteiger charge is 2.21. The van der Waals surface area contributed by atoms with E-state index in [2.05, 4.69) is 35.3 Å². The van der Waals surface area contributed by atoms with E-state index in [9.17, 15) is 4.79 Å². The second-order valence-electron chi connectivity index (χ2n) is 7.14. The zero-order valence-corrected chi connectivity index (χ0v) is 17.7. The van der Waals surface area contributed by atoms with Crippen molar-refractivity contribution in [1.82, 2.24) is 34.7 Å². The molecule has 1 aromatic carbocycles. The van der Waals surface area contributed by atoms with E-state index in [-0.39, 0.29) is 5.56 Å². The summed E-state index contributed by atoms with van der Waals surface area (Å²) in [6, 6.07) is 7.24. The van der Waals surface area contributed by atoms with Gasteiger partial charge in [0.15, 0.2) is 5.82 Å². The number of hydrogen-bond acceptors (Lipinski definition) is 7. The van der Waals surface area contributed by atoms with Gasteiger partial charge >= 0.3 is 0 Å². The fourth-order valence-corrected chi connectivity index (χ4v) is 3.59. The quantitative estimate of drug-likeness (QED) is 0.393. The van der Waals surface area contributed by atoms with Gasteiger partial charge in [0.1, 0.15) is 22.7 Å². The van der Waals surface area contributed by atoms with Crippen molar-refractivity contribution < 1.29 is 4.74 Å². The van der Waals surface area contributed by atoms with Crippen molar-refractivity contribution >= 4 is 33.5 Å². The summed E-state index contributed by atoms with van der Waals surface area (Å²) in [6.45, 7) is 1.87. The second kappa shape index (κ2) is 7.65. The first-order valence-electron chi connectivity index (χ1n) is 9.92. The van der Waals surface area contributed by atoms with Gasteiger partial charge in [0.25, 0.3) is 5.56 Å². The summed E-state index contributed by atoms with van der Waals surface area (Å²) in [5.74, 6) is 1.60. The molecule has 0 bridgehead atoms. The number of allylic oxidation sites excluding steroid dienone is 1. The summed E-state index contributed by atoms with van der Waals surface area (Å²) >= 11 is 0. The standard InChI is InChI=1S/C22H20N8O2/c1-4-13(20-23-8-5-9-24-20)25-19-17(22(31)28-16-11-30(2)29-18(16)19)21-26-14-7-6-12(32-3)10-15(14)27-21/h4-11,25H,1-3H3,(H,26,27)(H,28,31)/b13-4+. The van der Waals surface area contributed by atoms with Crippen LogP contribution in [-0.4, -0.2) is 41.8 Å². The van der Waals surface area contributed by atoms with E-state index in [1.807, 2.05) is 31.2 Å². The van der Waals surface area contributed by atoms with Gasteiger partial charge in [-0.1, -0.05) is 6.08 Å². The minimum Gasteiger partial charge on any atom is -0.497 e. The summed E-state index contributed by atoms with van der Waals surface area (Å²) in [7, 11) is 3.40. The van der Waals surface area contributed by atoms with Gasteiger partial charge in [0.2, 0.25) is 0 Å². The first-order valence-corrected chi connectivity index (χ1v) is 9.92. The monoisotopic (exact) mass is 428 g/mol. The summed E-state index contributed by atoms with van der Waals surface area (Å²) in [5, 5.41) is 7.89. The lowest BCUT2D eigenvalue weighted by atomic mass is 10.1. The number of fused-ring (bicyclic) bond motifs is 2. The van der Waals surface area contributed by atoms with E-state index in [1.165, 1.54) is 0 Å². The third-order valence-electron chi connectivity index (χ3n) is 5.07. The summed E-state index contributed by atoms with van der Waals surface area (Å²) in [5.41, 5.74) is 3.85.